The van der Waals surface area contributed by atoms with Crippen LogP contribution in [0.4, 0.5) is 17.5 Å². The van der Waals surface area contributed by atoms with Crippen LogP contribution in [0.3, 0.4) is 0 Å². The van der Waals surface area contributed by atoms with Crippen molar-refractivity contribution < 1.29 is 14.1 Å². The molecule has 0 bridgehead atoms. The van der Waals surface area contributed by atoms with E-state index in [2.05, 4.69) is 20.9 Å². The number of ether oxygens (including phenoxy) is 1. The quantitative estimate of drug-likeness (QED) is 0.563. The summed E-state index contributed by atoms with van der Waals surface area (Å²) in [5.74, 6) is 1.60. The third-order valence-corrected chi connectivity index (χ3v) is 6.41. The van der Waals surface area contributed by atoms with Gasteiger partial charge in [0.1, 0.15) is 5.82 Å². The summed E-state index contributed by atoms with van der Waals surface area (Å²) in [5, 5.41) is 0. The molecule has 2 aromatic heterocycles. The highest BCUT2D eigenvalue weighted by atomic mass is 16.5. The number of pyridine rings is 1. The molecule has 6 rings (SSSR count). The molecule has 0 aliphatic carbocycles. The molecule has 3 aliphatic heterocycles. The van der Waals surface area contributed by atoms with E-state index in [1.807, 2.05) is 54.9 Å². The summed E-state index contributed by atoms with van der Waals surface area (Å²) >= 11 is 0. The Labute approximate surface area is 197 Å². The van der Waals surface area contributed by atoms with Crippen LogP contribution >= 0.6 is 0 Å². The van der Waals surface area contributed by atoms with E-state index in [-0.39, 0.29) is 5.91 Å². The smallest absolute Gasteiger partial charge is 0.378 e. The maximum atomic E-state index is 13.0. The van der Waals surface area contributed by atoms with Gasteiger partial charge < -0.3 is 14.5 Å². The van der Waals surface area contributed by atoms with Crippen molar-refractivity contribution in [3.05, 3.63) is 72.1 Å². The monoisotopic (exact) mass is 453 g/mol. The fourth-order valence-electron chi connectivity index (χ4n) is 4.67. The Hall–Kier alpha value is -3.91. The van der Waals surface area contributed by atoms with Gasteiger partial charge in [0.05, 0.1) is 36.4 Å². The van der Waals surface area contributed by atoms with Gasteiger partial charge in [0.15, 0.2) is 12.8 Å². The molecule has 3 aromatic rings. The average Bonchev–Trinajstić information content (AvgIpc) is 3.59. The van der Waals surface area contributed by atoms with E-state index in [9.17, 15) is 4.79 Å². The van der Waals surface area contributed by atoms with Gasteiger partial charge in [0.2, 0.25) is 5.95 Å². The fraction of sp³-hybridized carbons (Fsp3) is 0.269. The number of fused-ring (bicyclic) bond motifs is 1. The molecule has 3 aliphatic rings. The van der Waals surface area contributed by atoms with Crippen LogP contribution < -0.4 is 9.80 Å². The van der Waals surface area contributed by atoms with Gasteiger partial charge in [-0.25, -0.2) is 9.78 Å². The second-order valence-corrected chi connectivity index (χ2v) is 8.50. The molecular weight excluding hydrogens is 428 g/mol. The highest BCUT2D eigenvalue weighted by molar-refractivity contribution is 5.93. The van der Waals surface area contributed by atoms with Crippen LogP contribution in [0.25, 0.3) is 11.3 Å². The molecule has 1 aromatic carbocycles. The molecule has 8 nitrogen and oxygen atoms in total. The lowest BCUT2D eigenvalue weighted by Gasteiger charge is -2.28. The largest absolute Gasteiger partial charge is 0.419 e. The first-order chi connectivity index (χ1) is 16.8. The van der Waals surface area contributed by atoms with E-state index in [4.69, 9.17) is 14.7 Å². The number of nitrogens with zero attached hydrogens (tertiary/aromatic N) is 6. The predicted molar refractivity (Wildman–Crippen MR) is 130 cm³/mol. The molecule has 0 unspecified atom stereocenters. The number of morpholine rings is 1. The number of amides is 1. The molecule has 5 heterocycles. The van der Waals surface area contributed by atoms with Crippen molar-refractivity contribution in [3.63, 3.8) is 0 Å². The van der Waals surface area contributed by atoms with Gasteiger partial charge in [0.25, 0.3) is 0 Å². The Bertz CT molecular complexity index is 1300. The first-order valence-corrected chi connectivity index (χ1v) is 11.6. The molecule has 1 amide bonds. The number of aromatic nitrogens is 3. The van der Waals surface area contributed by atoms with Crippen molar-refractivity contribution in [1.82, 2.24) is 15.0 Å². The zero-order valence-electron chi connectivity index (χ0n) is 18.8. The Morgan fingerprint density at radius 3 is 2.76 bits per heavy atom. The van der Waals surface area contributed by atoms with Crippen molar-refractivity contribution in [2.45, 2.75) is 6.42 Å². The first kappa shape index (κ1) is 20.7. The van der Waals surface area contributed by atoms with E-state index in [1.165, 1.54) is 0 Å². The maximum absolute atomic E-state index is 13.0. The second kappa shape index (κ2) is 8.79. The van der Waals surface area contributed by atoms with Gasteiger partial charge in [-0.3, -0.25) is 4.98 Å². The summed E-state index contributed by atoms with van der Waals surface area (Å²) in [6, 6.07) is 11.8. The Balaban J connectivity index is 1.45. The first-order valence-electron chi connectivity index (χ1n) is 11.6. The third-order valence-electron chi connectivity index (χ3n) is 6.41. The minimum Gasteiger partial charge on any atom is -0.378 e. The summed E-state index contributed by atoms with van der Waals surface area (Å²) < 4.78 is 7.26. The fourth-order valence-corrected chi connectivity index (χ4v) is 4.67. The van der Waals surface area contributed by atoms with E-state index < -0.39 is 0 Å². The van der Waals surface area contributed by atoms with Crippen LogP contribution in [0.15, 0.2) is 60.9 Å². The van der Waals surface area contributed by atoms with E-state index in [0.29, 0.717) is 31.3 Å². The highest BCUT2D eigenvalue weighted by Crippen LogP contribution is 2.39. The van der Waals surface area contributed by atoms with Gasteiger partial charge in [-0.2, -0.15) is 9.56 Å². The van der Waals surface area contributed by atoms with Crippen molar-refractivity contribution in [2.75, 3.05) is 49.2 Å². The van der Waals surface area contributed by atoms with Crippen LogP contribution in [-0.2, 0) is 11.2 Å². The number of allylic oxidation sites excluding steroid dienone is 1. The molecule has 0 radical (unpaired) electrons. The van der Waals surface area contributed by atoms with Gasteiger partial charge >= 0.3 is 5.91 Å². The molecule has 0 spiro atoms. The van der Waals surface area contributed by atoms with Crippen molar-refractivity contribution in [2.24, 2.45) is 0 Å². The van der Waals surface area contributed by atoms with Crippen molar-refractivity contribution in [1.29, 1.82) is 0 Å². The number of rotatable bonds is 4. The Morgan fingerprint density at radius 2 is 1.97 bits per heavy atom. The average molecular weight is 454 g/mol. The van der Waals surface area contributed by atoms with E-state index >= 15 is 0 Å². The molecule has 170 valence electrons. The lowest BCUT2D eigenvalue weighted by Crippen LogP contribution is -2.37. The minimum atomic E-state index is -0.0112. The molecule has 0 saturated carbocycles. The number of benzene rings is 1. The van der Waals surface area contributed by atoms with Crippen molar-refractivity contribution in [3.8, 4) is 11.3 Å². The highest BCUT2D eigenvalue weighted by Gasteiger charge is 2.30. The van der Waals surface area contributed by atoms with Crippen LogP contribution in [0, 0.1) is 0 Å². The predicted octanol–water partition coefficient (Wildman–Crippen LogP) is 2.86. The van der Waals surface area contributed by atoms with E-state index in [1.54, 1.807) is 10.8 Å². The zero-order valence-corrected chi connectivity index (χ0v) is 18.8. The van der Waals surface area contributed by atoms with Crippen LogP contribution in [-0.4, -0.2) is 71.0 Å². The molecule has 0 N–H and O–H groups in total. The lowest BCUT2D eigenvalue weighted by atomic mass is 10.0. The molecular formula is C26H25N6O2+. The van der Waals surface area contributed by atoms with Gasteiger partial charge in [-0.1, -0.05) is 12.1 Å². The lowest BCUT2D eigenvalue weighted by molar-refractivity contribution is -0.407. The zero-order chi connectivity index (χ0) is 22.9. The molecule has 0 atom stereocenters. The standard InChI is InChI=1S/C26H25N6O2/c33-25(30-10-1-2-11-30)20-6-3-5-19(17-20)23-22-8-12-32(21-7-4-9-27-18-21)24(22)29-26(28-23)31-13-15-34-16-14-31/h1-7,9-10,17-18H,8,11-16H2/q+1. The summed E-state index contributed by atoms with van der Waals surface area (Å²) in [4.78, 5) is 31.7. The second-order valence-electron chi connectivity index (χ2n) is 8.50. The SMILES string of the molecule is O=C(c1cccc(-c2nc(N3CCOCC3)nc3c2CCN3c2cccnc2)c1)[N+]1=CC=CC1. The van der Waals surface area contributed by atoms with E-state index in [0.717, 1.165) is 54.4 Å². The Kier molecular flexibility index (Phi) is 5.35. The minimum absolute atomic E-state index is 0.0112. The maximum Gasteiger partial charge on any atom is 0.419 e. The summed E-state index contributed by atoms with van der Waals surface area (Å²) in [6.07, 6.45) is 10.2. The molecule has 8 heteroatoms. The van der Waals surface area contributed by atoms with Gasteiger partial charge in [-0.05, 0) is 36.8 Å². The van der Waals surface area contributed by atoms with Gasteiger partial charge in [-0.15, -0.1) is 0 Å². The number of carbonyl (C=O) groups excluding carboxylic acids is 1. The topological polar surface area (TPSA) is 74.5 Å². The normalized spacial score (nSPS) is 17.1. The Morgan fingerprint density at radius 1 is 1.06 bits per heavy atom. The number of hydrogen-bond donors (Lipinski definition) is 0. The summed E-state index contributed by atoms with van der Waals surface area (Å²) in [7, 11) is 0. The van der Waals surface area contributed by atoms with Gasteiger partial charge in [0, 0.05) is 43.0 Å². The molecule has 34 heavy (non-hydrogen) atoms. The van der Waals surface area contributed by atoms with Crippen LogP contribution in [0.2, 0.25) is 0 Å². The summed E-state index contributed by atoms with van der Waals surface area (Å²) in [5.41, 5.74) is 4.58. The number of hydrogen-bond acceptors (Lipinski definition) is 7. The molecule has 1 saturated heterocycles. The molecule has 1 fully saturated rings. The van der Waals surface area contributed by atoms with Crippen LogP contribution in [0.5, 0.6) is 0 Å². The third kappa shape index (κ3) is 3.76. The van der Waals surface area contributed by atoms with Crippen molar-refractivity contribution >= 4 is 29.6 Å². The number of carbonyl (C=O) groups is 1. The van der Waals surface area contributed by atoms with Crippen LogP contribution in [0.1, 0.15) is 15.9 Å². The number of anilines is 3. The summed E-state index contributed by atoms with van der Waals surface area (Å²) in [6.45, 7) is 4.23.